The molecule has 1 aliphatic carbocycles. The summed E-state index contributed by atoms with van der Waals surface area (Å²) in [7, 11) is 0. The maximum absolute atomic E-state index is 11.8. The molecule has 4 nitrogen and oxygen atoms in total. The molecule has 1 aromatic carbocycles. The van der Waals surface area contributed by atoms with Gasteiger partial charge in [-0.25, -0.2) is 0 Å². The molecule has 0 atom stereocenters. The number of nitrogens with two attached hydrogens (primary N) is 1. The van der Waals surface area contributed by atoms with Crippen molar-refractivity contribution in [3.8, 4) is 0 Å². The highest BCUT2D eigenvalue weighted by atomic mass is 35.5. The molecule has 0 heterocycles. The second-order valence-corrected chi connectivity index (χ2v) is 5.61. The van der Waals surface area contributed by atoms with Gasteiger partial charge in [0.1, 0.15) is 0 Å². The molecular weight excluding hydrogens is 276 g/mol. The number of ether oxygens (including phenoxy) is 1. The van der Waals surface area contributed by atoms with Crippen LogP contribution in [0, 0.1) is 0 Å². The van der Waals surface area contributed by atoms with Crippen LogP contribution in [-0.4, -0.2) is 31.2 Å². The molecule has 3 N–H and O–H groups in total. The van der Waals surface area contributed by atoms with Crippen molar-refractivity contribution in [2.24, 2.45) is 5.73 Å². The zero-order chi connectivity index (χ0) is 14.4. The van der Waals surface area contributed by atoms with Crippen molar-refractivity contribution >= 4 is 17.5 Å². The zero-order valence-electron chi connectivity index (χ0n) is 11.5. The minimum absolute atomic E-state index is 0.123. The third-order valence-corrected chi connectivity index (χ3v) is 3.78. The van der Waals surface area contributed by atoms with Crippen LogP contribution in [0.2, 0.25) is 5.02 Å². The summed E-state index contributed by atoms with van der Waals surface area (Å²) in [6.45, 7) is 1.04. The lowest BCUT2D eigenvalue weighted by Gasteiger charge is -2.26. The maximum atomic E-state index is 11.8. The van der Waals surface area contributed by atoms with E-state index >= 15 is 0 Å². The number of amides is 1. The van der Waals surface area contributed by atoms with Crippen molar-refractivity contribution in [2.45, 2.75) is 37.8 Å². The number of benzene rings is 1. The molecule has 0 spiro atoms. The summed E-state index contributed by atoms with van der Waals surface area (Å²) >= 11 is 5.85. The molecule has 2 rings (SSSR count). The molecule has 110 valence electrons. The Labute approximate surface area is 124 Å². The van der Waals surface area contributed by atoms with Gasteiger partial charge in [0.05, 0.1) is 12.7 Å². The fourth-order valence-corrected chi connectivity index (χ4v) is 2.57. The first-order chi connectivity index (χ1) is 9.65. The van der Waals surface area contributed by atoms with Crippen LogP contribution in [0.5, 0.6) is 0 Å². The Morgan fingerprint density at radius 1 is 1.35 bits per heavy atom. The van der Waals surface area contributed by atoms with Gasteiger partial charge in [0, 0.05) is 23.2 Å². The molecule has 0 aliphatic heterocycles. The summed E-state index contributed by atoms with van der Waals surface area (Å²) in [6, 6.07) is 7.23. The van der Waals surface area contributed by atoms with Crippen molar-refractivity contribution < 1.29 is 9.53 Å². The van der Waals surface area contributed by atoms with Crippen LogP contribution in [-0.2, 0) is 4.74 Å². The Morgan fingerprint density at radius 2 is 2.10 bits per heavy atom. The number of nitrogens with one attached hydrogen (secondary N) is 1. The van der Waals surface area contributed by atoms with Gasteiger partial charge in [-0.1, -0.05) is 17.7 Å². The lowest BCUT2D eigenvalue weighted by molar-refractivity contribution is 0.0267. The maximum Gasteiger partial charge on any atom is 0.251 e. The summed E-state index contributed by atoms with van der Waals surface area (Å²) in [6.07, 6.45) is 4.38. The molecule has 5 heteroatoms. The molecule has 0 aromatic heterocycles. The predicted octanol–water partition coefficient (Wildman–Crippen LogP) is 2.36. The highest BCUT2D eigenvalue weighted by Crippen LogP contribution is 2.19. The summed E-state index contributed by atoms with van der Waals surface area (Å²) in [4.78, 5) is 11.8. The Bertz CT molecular complexity index is 445. The van der Waals surface area contributed by atoms with Gasteiger partial charge in [-0.05, 0) is 43.9 Å². The summed E-state index contributed by atoms with van der Waals surface area (Å²) in [5.74, 6) is -0.123. The fraction of sp³-hybridized carbons (Fsp3) is 0.533. The lowest BCUT2D eigenvalue weighted by Crippen LogP contribution is -2.33. The SMILES string of the molecule is NC1CCC(OCCNC(=O)c2cccc(Cl)c2)CC1. The zero-order valence-corrected chi connectivity index (χ0v) is 12.2. The van der Waals surface area contributed by atoms with Gasteiger partial charge in [0.25, 0.3) is 5.91 Å². The number of halogens is 1. The standard InChI is InChI=1S/C15H21ClN2O2/c16-12-3-1-2-11(10-12)15(19)18-8-9-20-14-6-4-13(17)5-7-14/h1-3,10,13-14H,4-9,17H2,(H,18,19). The highest BCUT2D eigenvalue weighted by molar-refractivity contribution is 6.30. The van der Waals surface area contributed by atoms with E-state index in [-0.39, 0.29) is 12.0 Å². The number of carbonyl (C=O) groups is 1. The monoisotopic (exact) mass is 296 g/mol. The molecule has 0 radical (unpaired) electrons. The fourth-order valence-electron chi connectivity index (χ4n) is 2.38. The first-order valence-electron chi connectivity index (χ1n) is 7.06. The van der Waals surface area contributed by atoms with Crippen LogP contribution in [0.25, 0.3) is 0 Å². The average molecular weight is 297 g/mol. The second kappa shape index (κ2) is 7.62. The van der Waals surface area contributed by atoms with Gasteiger partial charge < -0.3 is 15.8 Å². The average Bonchev–Trinajstić information content (AvgIpc) is 2.45. The first kappa shape index (κ1) is 15.3. The Balaban J connectivity index is 1.64. The van der Waals surface area contributed by atoms with Crippen molar-refractivity contribution in [1.82, 2.24) is 5.32 Å². The van der Waals surface area contributed by atoms with E-state index in [1.54, 1.807) is 24.3 Å². The van der Waals surface area contributed by atoms with Crippen LogP contribution in [0.3, 0.4) is 0 Å². The molecule has 1 amide bonds. The second-order valence-electron chi connectivity index (χ2n) is 5.17. The minimum atomic E-state index is -0.123. The lowest BCUT2D eigenvalue weighted by atomic mass is 9.94. The first-order valence-corrected chi connectivity index (χ1v) is 7.44. The van der Waals surface area contributed by atoms with Crippen LogP contribution in [0.4, 0.5) is 0 Å². The quantitative estimate of drug-likeness (QED) is 0.820. The normalized spacial score (nSPS) is 22.5. The predicted molar refractivity (Wildman–Crippen MR) is 80.0 cm³/mol. The molecule has 1 fully saturated rings. The van der Waals surface area contributed by atoms with E-state index in [0.717, 1.165) is 25.7 Å². The minimum Gasteiger partial charge on any atom is -0.376 e. The number of rotatable bonds is 5. The third-order valence-electron chi connectivity index (χ3n) is 3.55. The van der Waals surface area contributed by atoms with E-state index < -0.39 is 0 Å². The molecule has 0 saturated heterocycles. The Kier molecular flexibility index (Phi) is 5.83. The van der Waals surface area contributed by atoms with E-state index in [9.17, 15) is 4.79 Å². The van der Waals surface area contributed by atoms with Gasteiger partial charge >= 0.3 is 0 Å². The van der Waals surface area contributed by atoms with Gasteiger partial charge in [-0.15, -0.1) is 0 Å². The van der Waals surface area contributed by atoms with E-state index in [2.05, 4.69) is 5.32 Å². The third kappa shape index (κ3) is 4.78. The summed E-state index contributed by atoms with van der Waals surface area (Å²) in [5, 5.41) is 3.39. The van der Waals surface area contributed by atoms with Crippen molar-refractivity contribution in [2.75, 3.05) is 13.2 Å². The molecule has 1 aliphatic rings. The van der Waals surface area contributed by atoms with Crippen LogP contribution < -0.4 is 11.1 Å². The van der Waals surface area contributed by atoms with E-state index in [1.807, 2.05) is 0 Å². The van der Waals surface area contributed by atoms with Crippen LogP contribution in [0.1, 0.15) is 36.0 Å². The van der Waals surface area contributed by atoms with Gasteiger partial charge in [-0.3, -0.25) is 4.79 Å². The van der Waals surface area contributed by atoms with E-state index in [1.165, 1.54) is 0 Å². The van der Waals surface area contributed by atoms with Crippen LogP contribution in [0.15, 0.2) is 24.3 Å². The number of hydrogen-bond acceptors (Lipinski definition) is 3. The van der Waals surface area contributed by atoms with Crippen molar-refractivity contribution in [3.05, 3.63) is 34.9 Å². The molecular formula is C15H21ClN2O2. The number of carbonyl (C=O) groups excluding carboxylic acids is 1. The largest absolute Gasteiger partial charge is 0.376 e. The summed E-state index contributed by atoms with van der Waals surface area (Å²) in [5.41, 5.74) is 6.42. The Morgan fingerprint density at radius 3 is 2.80 bits per heavy atom. The van der Waals surface area contributed by atoms with E-state index in [0.29, 0.717) is 29.8 Å². The van der Waals surface area contributed by atoms with Crippen molar-refractivity contribution in [1.29, 1.82) is 0 Å². The van der Waals surface area contributed by atoms with E-state index in [4.69, 9.17) is 22.1 Å². The smallest absolute Gasteiger partial charge is 0.251 e. The molecule has 20 heavy (non-hydrogen) atoms. The molecule has 1 saturated carbocycles. The van der Waals surface area contributed by atoms with Gasteiger partial charge in [0.15, 0.2) is 0 Å². The summed E-state index contributed by atoms with van der Waals surface area (Å²) < 4.78 is 5.74. The Hall–Kier alpha value is -1.10. The highest BCUT2D eigenvalue weighted by Gasteiger charge is 2.18. The molecule has 0 bridgehead atoms. The molecule has 0 unspecified atom stereocenters. The van der Waals surface area contributed by atoms with Gasteiger partial charge in [0.2, 0.25) is 0 Å². The molecule has 1 aromatic rings. The van der Waals surface area contributed by atoms with Crippen molar-refractivity contribution in [3.63, 3.8) is 0 Å². The number of hydrogen-bond donors (Lipinski definition) is 2. The topological polar surface area (TPSA) is 64.3 Å². The van der Waals surface area contributed by atoms with Gasteiger partial charge in [-0.2, -0.15) is 0 Å². The van der Waals surface area contributed by atoms with Crippen LogP contribution >= 0.6 is 11.6 Å².